The lowest BCUT2D eigenvalue weighted by molar-refractivity contribution is -0.122. The van der Waals surface area contributed by atoms with Gasteiger partial charge in [0.2, 0.25) is 0 Å². The molecule has 1 aliphatic rings. The third kappa shape index (κ3) is 4.99. The quantitative estimate of drug-likeness (QED) is 0.285. The molecule has 0 aliphatic carbocycles. The fourth-order valence-electron chi connectivity index (χ4n) is 3.33. The fourth-order valence-corrected chi connectivity index (χ4v) is 4.36. The Morgan fingerprint density at radius 3 is 2.30 bits per heavy atom. The topological polar surface area (TPSA) is 66.5 Å². The number of nitrogens with one attached hydrogen (secondary N) is 1. The molecule has 1 heterocycles. The van der Waals surface area contributed by atoms with Crippen LogP contribution in [-0.2, 0) is 16.0 Å². The molecule has 0 radical (unpaired) electrons. The molecule has 4 amide bonds. The first-order valence-electron chi connectivity index (χ1n) is 9.63. The third-order valence-corrected chi connectivity index (χ3v) is 6.84. The van der Waals surface area contributed by atoms with Gasteiger partial charge in [0.1, 0.15) is 5.57 Å². The average Bonchev–Trinajstić information content (AvgIpc) is 2.76. The molecule has 0 bridgehead atoms. The number of urea groups is 1. The summed E-state index contributed by atoms with van der Waals surface area (Å²) in [6, 6.07) is 16.5. The Morgan fingerprint density at radius 2 is 1.61 bits per heavy atom. The number of anilines is 1. The van der Waals surface area contributed by atoms with Gasteiger partial charge in [0.15, 0.2) is 0 Å². The molecule has 1 saturated heterocycles. The van der Waals surface area contributed by atoms with E-state index in [4.69, 9.17) is 34.8 Å². The third-order valence-electron chi connectivity index (χ3n) is 4.99. The lowest BCUT2D eigenvalue weighted by Gasteiger charge is -2.26. The summed E-state index contributed by atoms with van der Waals surface area (Å²) in [4.78, 5) is 38.7. The summed E-state index contributed by atoms with van der Waals surface area (Å²) in [5.41, 5.74) is 2.57. The van der Waals surface area contributed by atoms with Crippen LogP contribution in [0.5, 0.6) is 0 Å². The molecule has 0 unspecified atom stereocenters. The minimum Gasteiger partial charge on any atom is -0.273 e. The number of halogens is 4. The standard InChI is InChI=1S/C24H14BrCl3N2O3/c25-18-10-13(5-6-14(18)11-15-3-1-2-4-19(15)26)9-17-22(31)29-24(33)30(23(17)32)16-7-8-20(27)21(28)12-16/h1-10,12H,11H2,(H,29,31,33)/b17-9+. The number of hydrogen-bond acceptors (Lipinski definition) is 3. The molecule has 0 saturated carbocycles. The highest BCUT2D eigenvalue weighted by atomic mass is 79.9. The number of hydrogen-bond donors (Lipinski definition) is 1. The van der Waals surface area contributed by atoms with Gasteiger partial charge in [0.05, 0.1) is 15.7 Å². The van der Waals surface area contributed by atoms with Crippen LogP contribution < -0.4 is 10.2 Å². The number of carbonyl (C=O) groups excluding carboxylic acids is 3. The summed E-state index contributed by atoms with van der Waals surface area (Å²) in [7, 11) is 0. The van der Waals surface area contributed by atoms with Gasteiger partial charge in [-0.1, -0.05) is 81.1 Å². The Balaban J connectivity index is 1.64. The minimum atomic E-state index is -0.864. The Morgan fingerprint density at radius 1 is 0.848 bits per heavy atom. The van der Waals surface area contributed by atoms with Crippen LogP contribution in [0.15, 0.2) is 70.7 Å². The highest BCUT2D eigenvalue weighted by Gasteiger charge is 2.37. The van der Waals surface area contributed by atoms with E-state index in [-0.39, 0.29) is 21.3 Å². The van der Waals surface area contributed by atoms with Crippen LogP contribution >= 0.6 is 50.7 Å². The van der Waals surface area contributed by atoms with Crippen LogP contribution in [0.3, 0.4) is 0 Å². The average molecular weight is 565 g/mol. The summed E-state index contributed by atoms with van der Waals surface area (Å²) in [6.45, 7) is 0. The number of amides is 4. The van der Waals surface area contributed by atoms with Gasteiger partial charge in [-0.3, -0.25) is 14.9 Å². The van der Waals surface area contributed by atoms with Gasteiger partial charge in [-0.05, 0) is 53.1 Å². The molecule has 1 fully saturated rings. The fraction of sp³-hybridized carbons (Fsp3) is 0.0417. The van der Waals surface area contributed by atoms with Gasteiger partial charge in [0, 0.05) is 15.9 Å². The van der Waals surface area contributed by atoms with E-state index in [1.54, 1.807) is 12.1 Å². The first-order chi connectivity index (χ1) is 15.7. The van der Waals surface area contributed by atoms with Crippen molar-refractivity contribution in [2.24, 2.45) is 0 Å². The van der Waals surface area contributed by atoms with E-state index >= 15 is 0 Å². The molecule has 0 spiro atoms. The first kappa shape index (κ1) is 23.5. The lowest BCUT2D eigenvalue weighted by atomic mass is 10.0. The lowest BCUT2D eigenvalue weighted by Crippen LogP contribution is -2.54. The van der Waals surface area contributed by atoms with Gasteiger partial charge in [-0.15, -0.1) is 0 Å². The van der Waals surface area contributed by atoms with Gasteiger partial charge in [-0.25, -0.2) is 9.69 Å². The second kappa shape index (κ2) is 9.69. The smallest absolute Gasteiger partial charge is 0.273 e. The Labute approximate surface area is 213 Å². The highest BCUT2D eigenvalue weighted by Crippen LogP contribution is 2.30. The molecule has 1 N–H and O–H groups in total. The number of rotatable bonds is 4. The zero-order valence-electron chi connectivity index (χ0n) is 16.7. The number of barbiturate groups is 1. The number of benzene rings is 3. The summed E-state index contributed by atoms with van der Waals surface area (Å²) < 4.78 is 0.790. The van der Waals surface area contributed by atoms with Crippen LogP contribution in [0.1, 0.15) is 16.7 Å². The predicted molar refractivity (Wildman–Crippen MR) is 134 cm³/mol. The highest BCUT2D eigenvalue weighted by molar-refractivity contribution is 9.10. The van der Waals surface area contributed by atoms with E-state index in [0.717, 1.165) is 20.5 Å². The Kier molecular flexibility index (Phi) is 6.91. The normalized spacial score (nSPS) is 15.2. The van der Waals surface area contributed by atoms with Crippen molar-refractivity contribution in [2.75, 3.05) is 4.90 Å². The molecule has 3 aromatic rings. The van der Waals surface area contributed by atoms with E-state index in [9.17, 15) is 14.4 Å². The number of nitrogens with zero attached hydrogens (tertiary/aromatic N) is 1. The van der Waals surface area contributed by atoms with Crippen LogP contribution in [-0.4, -0.2) is 17.8 Å². The van der Waals surface area contributed by atoms with Crippen LogP contribution in [0.4, 0.5) is 10.5 Å². The van der Waals surface area contributed by atoms with Crippen molar-refractivity contribution in [3.8, 4) is 0 Å². The second-order valence-electron chi connectivity index (χ2n) is 7.18. The second-order valence-corrected chi connectivity index (χ2v) is 9.25. The SMILES string of the molecule is O=C1NC(=O)N(c2ccc(Cl)c(Cl)c2)C(=O)/C1=C/c1ccc(Cc2ccccc2Cl)c(Br)c1. The monoisotopic (exact) mass is 562 g/mol. The maximum Gasteiger partial charge on any atom is 0.335 e. The maximum absolute atomic E-state index is 13.1. The van der Waals surface area contributed by atoms with Crippen molar-refractivity contribution in [3.63, 3.8) is 0 Å². The largest absolute Gasteiger partial charge is 0.335 e. The van der Waals surface area contributed by atoms with Crippen LogP contribution in [0.2, 0.25) is 15.1 Å². The van der Waals surface area contributed by atoms with Crippen molar-refractivity contribution in [2.45, 2.75) is 6.42 Å². The molecule has 4 rings (SSSR count). The Bertz CT molecular complexity index is 1340. The van der Waals surface area contributed by atoms with Gasteiger partial charge < -0.3 is 0 Å². The molecule has 3 aromatic carbocycles. The molecule has 1 aliphatic heterocycles. The summed E-state index contributed by atoms with van der Waals surface area (Å²) in [5.74, 6) is -1.55. The molecular weight excluding hydrogens is 551 g/mol. The molecule has 33 heavy (non-hydrogen) atoms. The molecule has 0 atom stereocenters. The van der Waals surface area contributed by atoms with E-state index in [1.807, 2.05) is 30.3 Å². The molecular formula is C24H14BrCl3N2O3. The number of carbonyl (C=O) groups is 3. The van der Waals surface area contributed by atoms with Crippen molar-refractivity contribution in [1.82, 2.24) is 5.32 Å². The summed E-state index contributed by atoms with van der Waals surface area (Å²) >= 11 is 21.8. The van der Waals surface area contributed by atoms with E-state index in [0.29, 0.717) is 17.0 Å². The van der Waals surface area contributed by atoms with Crippen molar-refractivity contribution in [1.29, 1.82) is 0 Å². The van der Waals surface area contributed by atoms with E-state index < -0.39 is 17.8 Å². The summed E-state index contributed by atoms with van der Waals surface area (Å²) in [6.07, 6.45) is 2.04. The van der Waals surface area contributed by atoms with E-state index in [2.05, 4.69) is 21.2 Å². The first-order valence-corrected chi connectivity index (χ1v) is 11.6. The Hall–Kier alpha value is -2.64. The van der Waals surface area contributed by atoms with Crippen molar-refractivity contribution in [3.05, 3.63) is 102 Å². The van der Waals surface area contributed by atoms with Crippen molar-refractivity contribution < 1.29 is 14.4 Å². The van der Waals surface area contributed by atoms with Crippen molar-refractivity contribution >= 4 is 80.3 Å². The summed E-state index contributed by atoms with van der Waals surface area (Å²) in [5, 5.41) is 3.31. The molecule has 0 aromatic heterocycles. The van der Waals surface area contributed by atoms with Gasteiger partial charge in [0.25, 0.3) is 11.8 Å². The zero-order valence-corrected chi connectivity index (χ0v) is 20.6. The van der Waals surface area contributed by atoms with Gasteiger partial charge in [-0.2, -0.15) is 0 Å². The number of imide groups is 2. The minimum absolute atomic E-state index is 0.176. The zero-order chi connectivity index (χ0) is 23.7. The predicted octanol–water partition coefficient (Wildman–Crippen LogP) is 6.67. The van der Waals surface area contributed by atoms with Crippen LogP contribution in [0.25, 0.3) is 6.08 Å². The maximum atomic E-state index is 13.1. The van der Waals surface area contributed by atoms with Gasteiger partial charge >= 0.3 is 6.03 Å². The molecule has 166 valence electrons. The molecule has 9 heteroatoms. The van der Waals surface area contributed by atoms with E-state index in [1.165, 1.54) is 24.3 Å². The van der Waals surface area contributed by atoms with Crippen LogP contribution in [0, 0.1) is 0 Å². The molecule has 5 nitrogen and oxygen atoms in total.